The van der Waals surface area contributed by atoms with Crippen LogP contribution in [0.5, 0.6) is 11.5 Å². The maximum atomic E-state index is 11.4. The van der Waals surface area contributed by atoms with Gasteiger partial charge < -0.3 is 14.2 Å². The van der Waals surface area contributed by atoms with Gasteiger partial charge in [-0.05, 0) is 24.3 Å². The molecule has 0 heterocycles. The van der Waals surface area contributed by atoms with Crippen molar-refractivity contribution in [3.8, 4) is 11.5 Å². The van der Waals surface area contributed by atoms with E-state index in [0.29, 0.717) is 0 Å². The Kier molecular flexibility index (Phi) is 7.38. The number of carbonyl (C=O) groups is 2. The molecule has 0 amide bonds. The highest BCUT2D eigenvalue weighted by Crippen LogP contribution is 2.18. The Hall–Kier alpha value is -4.26. The first-order valence-corrected chi connectivity index (χ1v) is 7.70. The summed E-state index contributed by atoms with van der Waals surface area (Å²) in [7, 11) is 0. The van der Waals surface area contributed by atoms with E-state index in [1.807, 2.05) is 0 Å². The molecule has 2 rings (SSSR count). The quantitative estimate of drug-likeness (QED) is 0.157. The van der Waals surface area contributed by atoms with Crippen molar-refractivity contribution in [3.05, 3.63) is 68.8 Å². The van der Waals surface area contributed by atoms with E-state index in [9.17, 15) is 29.8 Å². The molecule has 0 saturated carbocycles. The minimum absolute atomic E-state index is 0.00729. The third-order valence-corrected chi connectivity index (χ3v) is 3.01. The maximum absolute atomic E-state index is 11.4. The van der Waals surface area contributed by atoms with Crippen LogP contribution in [0.3, 0.4) is 0 Å². The molecule has 0 bridgehead atoms. The minimum Gasteiger partial charge on any atom is -0.431 e. The van der Waals surface area contributed by atoms with E-state index in [2.05, 4.69) is 14.5 Å². The van der Waals surface area contributed by atoms with Crippen LogP contribution in [0.25, 0.3) is 0 Å². The van der Waals surface area contributed by atoms with Gasteiger partial charge in [-0.3, -0.25) is 25.1 Å². The van der Waals surface area contributed by atoms with E-state index in [4.69, 9.17) is 9.47 Å². The average molecular weight is 408 g/mol. The second kappa shape index (κ2) is 10.2. The van der Waals surface area contributed by atoms with Crippen LogP contribution in [-0.4, -0.2) is 35.4 Å². The lowest BCUT2D eigenvalue weighted by atomic mass is 10.3. The number of rotatable bonds is 8. The molecule has 2 aromatic carbocycles. The van der Waals surface area contributed by atoms with Gasteiger partial charge in [-0.25, -0.2) is 9.59 Å². The lowest BCUT2D eigenvalue weighted by Crippen LogP contribution is -2.17. The van der Waals surface area contributed by atoms with Gasteiger partial charge in [0.15, 0.2) is 0 Å². The molecule has 0 spiro atoms. The summed E-state index contributed by atoms with van der Waals surface area (Å²) in [6.07, 6.45) is -2.34. The highest BCUT2D eigenvalue weighted by molar-refractivity contribution is 5.64. The number of carbonyl (C=O) groups excluding carboxylic acids is 2. The van der Waals surface area contributed by atoms with Gasteiger partial charge in [-0.15, -0.1) is 0 Å². The smallest absolute Gasteiger partial charge is 0.431 e. The Morgan fingerprint density at radius 3 is 1.62 bits per heavy atom. The van der Waals surface area contributed by atoms with Crippen molar-refractivity contribution in [1.29, 1.82) is 0 Å². The second-order valence-corrected chi connectivity index (χ2v) is 4.96. The van der Waals surface area contributed by atoms with Gasteiger partial charge in [0.1, 0.15) is 24.7 Å². The molecule has 0 aromatic heterocycles. The number of nitro benzene ring substituents is 2. The van der Waals surface area contributed by atoms with Gasteiger partial charge in [0.25, 0.3) is 11.4 Å². The molecule has 2 aromatic rings. The Labute approximate surface area is 161 Å². The molecule has 29 heavy (non-hydrogen) atoms. The van der Waals surface area contributed by atoms with Crippen molar-refractivity contribution in [1.82, 2.24) is 0 Å². The van der Waals surface area contributed by atoms with Crippen molar-refractivity contribution in [2.75, 3.05) is 13.2 Å². The fourth-order valence-corrected chi connectivity index (χ4v) is 1.76. The Morgan fingerprint density at radius 1 is 0.724 bits per heavy atom. The summed E-state index contributed by atoms with van der Waals surface area (Å²) in [6, 6.07) is 9.38. The number of hydrogen-bond donors (Lipinski definition) is 0. The lowest BCUT2D eigenvalue weighted by molar-refractivity contribution is -0.385. The van der Waals surface area contributed by atoms with Crippen LogP contribution in [0, 0.1) is 20.2 Å². The number of hydrogen-bond acceptors (Lipinski definition) is 11. The van der Waals surface area contributed by atoms with E-state index in [-0.39, 0.29) is 36.1 Å². The molecular formula is C16H12N2O11. The van der Waals surface area contributed by atoms with E-state index in [1.54, 1.807) is 0 Å². The van der Waals surface area contributed by atoms with E-state index in [1.165, 1.54) is 24.3 Å². The van der Waals surface area contributed by atoms with Crippen molar-refractivity contribution in [2.45, 2.75) is 0 Å². The molecule has 0 radical (unpaired) electrons. The monoisotopic (exact) mass is 408 g/mol. The molecule has 0 saturated heterocycles. The summed E-state index contributed by atoms with van der Waals surface area (Å²) in [4.78, 5) is 51.3. The number of nitro groups is 2. The minimum atomic E-state index is -1.24. The van der Waals surface area contributed by atoms with E-state index >= 15 is 0 Å². The van der Waals surface area contributed by atoms with Gasteiger partial charge in [0.05, 0.1) is 9.85 Å². The molecule has 13 nitrogen and oxygen atoms in total. The van der Waals surface area contributed by atoms with Crippen LogP contribution in [0.4, 0.5) is 21.0 Å². The van der Waals surface area contributed by atoms with Crippen molar-refractivity contribution in [3.63, 3.8) is 0 Å². The van der Waals surface area contributed by atoms with E-state index in [0.717, 1.165) is 24.3 Å². The van der Waals surface area contributed by atoms with Crippen LogP contribution in [-0.2, 0) is 14.5 Å². The fourth-order valence-electron chi connectivity index (χ4n) is 1.76. The fraction of sp³-hybridized carbons (Fsp3) is 0.125. The molecule has 0 N–H and O–H groups in total. The molecule has 13 heteroatoms. The maximum Gasteiger partial charge on any atom is 0.546 e. The first-order chi connectivity index (χ1) is 13.8. The lowest BCUT2D eigenvalue weighted by Gasteiger charge is -2.06. The molecule has 0 fully saturated rings. The standard InChI is InChI=1S/C16H12N2O11/c19-15(27-13-5-1-11(2-6-13)17(21)22)25-9-10-26-29-16(20)28-14-7-3-12(4-8-14)18(23)24/h1-8H,9-10H2. The van der Waals surface area contributed by atoms with Crippen LogP contribution < -0.4 is 9.47 Å². The third kappa shape index (κ3) is 7.10. The van der Waals surface area contributed by atoms with E-state index < -0.39 is 22.2 Å². The van der Waals surface area contributed by atoms with Gasteiger partial charge in [0, 0.05) is 24.3 Å². The zero-order valence-corrected chi connectivity index (χ0v) is 14.4. The highest BCUT2D eigenvalue weighted by atomic mass is 17.2. The van der Waals surface area contributed by atoms with Gasteiger partial charge in [0.2, 0.25) is 0 Å². The predicted molar refractivity (Wildman–Crippen MR) is 91.2 cm³/mol. The molecule has 152 valence electrons. The zero-order chi connectivity index (χ0) is 21.2. The molecule has 0 unspecified atom stereocenters. The van der Waals surface area contributed by atoms with Crippen LogP contribution >= 0.6 is 0 Å². The summed E-state index contributed by atoms with van der Waals surface area (Å²) in [6.45, 7) is -0.679. The number of non-ortho nitro benzene ring substituents is 2. The molecule has 0 aliphatic rings. The predicted octanol–water partition coefficient (Wildman–Crippen LogP) is 3.17. The van der Waals surface area contributed by atoms with Crippen LogP contribution in [0.1, 0.15) is 0 Å². The van der Waals surface area contributed by atoms with Crippen molar-refractivity contribution >= 4 is 23.7 Å². The third-order valence-electron chi connectivity index (χ3n) is 3.01. The van der Waals surface area contributed by atoms with Crippen molar-refractivity contribution < 1.29 is 43.4 Å². The Bertz CT molecular complexity index is 807. The SMILES string of the molecule is O=C(OCCOOC(=O)Oc1ccc([N+](=O)[O-])cc1)Oc1ccc([N+](=O)[O-])cc1. The highest BCUT2D eigenvalue weighted by Gasteiger charge is 2.12. The summed E-state index contributed by atoms with van der Waals surface area (Å²) in [5.74, 6) is 0.0246. The van der Waals surface area contributed by atoms with Gasteiger partial charge in [-0.1, -0.05) is 0 Å². The van der Waals surface area contributed by atoms with Crippen molar-refractivity contribution in [2.24, 2.45) is 0 Å². The average Bonchev–Trinajstić information content (AvgIpc) is 2.68. The number of nitrogens with zero attached hydrogens (tertiary/aromatic N) is 2. The number of ether oxygens (including phenoxy) is 3. The largest absolute Gasteiger partial charge is 0.546 e. The first kappa shape index (κ1) is 21.0. The van der Waals surface area contributed by atoms with Crippen LogP contribution in [0.2, 0.25) is 0 Å². The Balaban J connectivity index is 1.62. The summed E-state index contributed by atoms with van der Waals surface area (Å²) in [5, 5.41) is 21.0. The normalized spacial score (nSPS) is 9.93. The number of benzene rings is 2. The molecule has 0 aliphatic heterocycles. The van der Waals surface area contributed by atoms with Gasteiger partial charge in [-0.2, -0.15) is 4.89 Å². The van der Waals surface area contributed by atoms with Gasteiger partial charge >= 0.3 is 12.3 Å². The topological polar surface area (TPSA) is 167 Å². The first-order valence-electron chi connectivity index (χ1n) is 7.70. The summed E-state index contributed by atoms with van der Waals surface area (Å²) in [5.41, 5.74) is -0.350. The Morgan fingerprint density at radius 2 is 1.17 bits per heavy atom. The van der Waals surface area contributed by atoms with Crippen LogP contribution in [0.15, 0.2) is 48.5 Å². The summed E-state index contributed by atoms with van der Waals surface area (Å²) < 4.78 is 14.1. The zero-order valence-electron chi connectivity index (χ0n) is 14.4. The molecule has 0 aliphatic carbocycles. The molecule has 0 atom stereocenters. The summed E-state index contributed by atoms with van der Waals surface area (Å²) >= 11 is 0. The molecular weight excluding hydrogens is 396 g/mol. The second-order valence-electron chi connectivity index (χ2n) is 4.96.